The number of alkyl halides is 3. The lowest BCUT2D eigenvalue weighted by molar-refractivity contribution is -0.0328. The molecule has 1 aromatic heterocycles. The van der Waals surface area contributed by atoms with Gasteiger partial charge in [0.25, 0.3) is 0 Å². The summed E-state index contributed by atoms with van der Waals surface area (Å²) < 4.78 is 67.4. The highest BCUT2D eigenvalue weighted by Crippen LogP contribution is 2.37. The van der Waals surface area contributed by atoms with Crippen molar-refractivity contribution in [1.82, 2.24) is 0 Å². The van der Waals surface area contributed by atoms with Gasteiger partial charge in [0.05, 0.1) is 16.1 Å². The molecule has 3 rings (SSSR count). The summed E-state index contributed by atoms with van der Waals surface area (Å²) in [7, 11) is -3.81. The van der Waals surface area contributed by atoms with Gasteiger partial charge >= 0.3 is 5.51 Å². The standard InChI is InChI=1S/C17H11F3O3S2/c18-17(19,20)24-13-5-9-15(10-6-13)25(21,22)14-7-3-12(4-8-14)16-2-1-11-23-16/h1-11H. The summed E-state index contributed by atoms with van der Waals surface area (Å²) in [6.45, 7) is 0. The maximum absolute atomic E-state index is 12.6. The largest absolute Gasteiger partial charge is 0.464 e. The molecule has 0 spiro atoms. The van der Waals surface area contributed by atoms with E-state index < -0.39 is 15.3 Å². The van der Waals surface area contributed by atoms with Crippen molar-refractivity contribution in [2.75, 3.05) is 0 Å². The van der Waals surface area contributed by atoms with Gasteiger partial charge in [-0.3, -0.25) is 0 Å². The molecule has 3 aromatic rings. The predicted octanol–water partition coefficient (Wildman–Crippen LogP) is 5.39. The Morgan fingerprint density at radius 1 is 0.840 bits per heavy atom. The number of halogens is 3. The van der Waals surface area contributed by atoms with E-state index in [0.717, 1.165) is 17.7 Å². The zero-order chi connectivity index (χ0) is 18.1. The Kier molecular flexibility index (Phi) is 4.66. The van der Waals surface area contributed by atoms with E-state index in [4.69, 9.17) is 4.42 Å². The molecule has 0 bridgehead atoms. The molecule has 0 radical (unpaired) electrons. The third-order valence-corrected chi connectivity index (χ3v) is 5.86. The van der Waals surface area contributed by atoms with Crippen LogP contribution in [0.5, 0.6) is 0 Å². The van der Waals surface area contributed by atoms with Crippen LogP contribution in [0, 0.1) is 0 Å². The van der Waals surface area contributed by atoms with Gasteiger partial charge in [-0.15, -0.1) is 0 Å². The smallest absolute Gasteiger partial charge is 0.446 e. The minimum absolute atomic E-state index is 0.0547. The number of rotatable bonds is 4. The zero-order valence-electron chi connectivity index (χ0n) is 12.5. The summed E-state index contributed by atoms with van der Waals surface area (Å²) >= 11 is -0.289. The molecular weight excluding hydrogens is 373 g/mol. The summed E-state index contributed by atoms with van der Waals surface area (Å²) in [5.74, 6) is 0.609. The summed E-state index contributed by atoms with van der Waals surface area (Å²) in [4.78, 5) is -0.0802. The summed E-state index contributed by atoms with van der Waals surface area (Å²) in [6.07, 6.45) is 1.51. The molecule has 0 N–H and O–H groups in total. The lowest BCUT2D eigenvalue weighted by atomic mass is 10.2. The SMILES string of the molecule is O=S(=O)(c1ccc(SC(F)(F)F)cc1)c1ccc(-c2ccco2)cc1. The summed E-state index contributed by atoms with van der Waals surface area (Å²) in [5, 5.41) is 0. The van der Waals surface area contributed by atoms with E-state index in [0.29, 0.717) is 5.76 Å². The normalized spacial score (nSPS) is 12.3. The number of hydrogen-bond donors (Lipinski definition) is 0. The van der Waals surface area contributed by atoms with Crippen molar-refractivity contribution in [3.63, 3.8) is 0 Å². The molecule has 0 aliphatic carbocycles. The Morgan fingerprint density at radius 3 is 1.88 bits per heavy atom. The van der Waals surface area contributed by atoms with Gasteiger partial charge < -0.3 is 4.42 Å². The molecule has 0 saturated heterocycles. The first-order chi connectivity index (χ1) is 11.8. The van der Waals surface area contributed by atoms with Crippen LogP contribution in [0.1, 0.15) is 0 Å². The Labute approximate surface area is 146 Å². The fourth-order valence-corrected chi connectivity index (χ4v) is 4.00. The van der Waals surface area contributed by atoms with E-state index in [2.05, 4.69) is 0 Å². The lowest BCUT2D eigenvalue weighted by Gasteiger charge is -2.08. The third-order valence-electron chi connectivity index (χ3n) is 3.34. The van der Waals surface area contributed by atoms with Crippen LogP contribution >= 0.6 is 11.8 Å². The van der Waals surface area contributed by atoms with Crippen molar-refractivity contribution in [3.8, 4) is 11.3 Å². The Morgan fingerprint density at radius 2 is 1.40 bits per heavy atom. The quantitative estimate of drug-likeness (QED) is 0.566. The lowest BCUT2D eigenvalue weighted by Crippen LogP contribution is -2.02. The molecule has 0 saturated carbocycles. The van der Waals surface area contributed by atoms with E-state index >= 15 is 0 Å². The number of sulfone groups is 1. The van der Waals surface area contributed by atoms with E-state index in [9.17, 15) is 21.6 Å². The average molecular weight is 384 g/mol. The first-order valence-corrected chi connectivity index (χ1v) is 9.30. The molecule has 0 aliphatic rings. The number of hydrogen-bond acceptors (Lipinski definition) is 4. The second-order valence-corrected chi connectivity index (χ2v) is 8.11. The molecule has 0 amide bonds. The number of furan rings is 1. The van der Waals surface area contributed by atoms with Crippen LogP contribution in [0.15, 0.2) is 86.0 Å². The van der Waals surface area contributed by atoms with Crippen LogP contribution in [0.2, 0.25) is 0 Å². The first-order valence-electron chi connectivity index (χ1n) is 7.00. The molecule has 0 atom stereocenters. The molecule has 0 unspecified atom stereocenters. The van der Waals surface area contributed by atoms with Gasteiger partial charge in [-0.25, -0.2) is 8.42 Å². The fraction of sp³-hybridized carbons (Fsp3) is 0.0588. The minimum Gasteiger partial charge on any atom is -0.464 e. The number of benzene rings is 2. The van der Waals surface area contributed by atoms with Crippen LogP contribution in [-0.2, 0) is 9.84 Å². The molecule has 2 aromatic carbocycles. The Balaban J connectivity index is 1.86. The number of thioether (sulfide) groups is 1. The molecule has 0 fully saturated rings. The molecule has 0 aliphatic heterocycles. The van der Waals surface area contributed by atoms with Crippen LogP contribution in [0.3, 0.4) is 0 Å². The van der Waals surface area contributed by atoms with Crippen LogP contribution in [0.25, 0.3) is 11.3 Å². The van der Waals surface area contributed by atoms with Crippen molar-refractivity contribution >= 4 is 21.6 Å². The van der Waals surface area contributed by atoms with Crippen LogP contribution in [0.4, 0.5) is 13.2 Å². The molecular formula is C17H11F3O3S2. The van der Waals surface area contributed by atoms with Crippen molar-refractivity contribution in [1.29, 1.82) is 0 Å². The van der Waals surface area contributed by atoms with E-state index in [1.54, 1.807) is 24.3 Å². The van der Waals surface area contributed by atoms with Gasteiger partial charge in [0.15, 0.2) is 0 Å². The van der Waals surface area contributed by atoms with Gasteiger partial charge in [0, 0.05) is 10.5 Å². The molecule has 3 nitrogen and oxygen atoms in total. The summed E-state index contributed by atoms with van der Waals surface area (Å²) in [5.41, 5.74) is -3.69. The molecule has 130 valence electrons. The van der Waals surface area contributed by atoms with E-state index in [1.807, 2.05) is 0 Å². The van der Waals surface area contributed by atoms with Crippen LogP contribution in [-0.4, -0.2) is 13.9 Å². The second kappa shape index (κ2) is 6.61. The fourth-order valence-electron chi connectivity index (χ4n) is 2.20. The van der Waals surface area contributed by atoms with E-state index in [1.165, 1.54) is 30.5 Å². The first kappa shape index (κ1) is 17.6. The van der Waals surface area contributed by atoms with Gasteiger partial charge in [-0.1, -0.05) is 0 Å². The van der Waals surface area contributed by atoms with Crippen molar-refractivity contribution in [3.05, 3.63) is 66.9 Å². The molecule has 8 heteroatoms. The summed E-state index contributed by atoms with van der Waals surface area (Å²) in [6, 6.07) is 14.2. The maximum Gasteiger partial charge on any atom is 0.446 e. The minimum atomic E-state index is -4.41. The Bertz CT molecular complexity index is 944. The molecule has 1 heterocycles. The highest BCUT2D eigenvalue weighted by atomic mass is 32.2. The Hall–Kier alpha value is -2.19. The predicted molar refractivity (Wildman–Crippen MR) is 87.9 cm³/mol. The zero-order valence-corrected chi connectivity index (χ0v) is 14.2. The van der Waals surface area contributed by atoms with Gasteiger partial charge in [0.2, 0.25) is 9.84 Å². The third kappa shape index (κ3) is 4.08. The maximum atomic E-state index is 12.6. The second-order valence-electron chi connectivity index (χ2n) is 5.02. The van der Waals surface area contributed by atoms with Gasteiger partial charge in [-0.05, 0) is 72.4 Å². The highest BCUT2D eigenvalue weighted by Gasteiger charge is 2.29. The van der Waals surface area contributed by atoms with E-state index in [-0.39, 0.29) is 26.4 Å². The monoisotopic (exact) mass is 384 g/mol. The van der Waals surface area contributed by atoms with Gasteiger partial charge in [-0.2, -0.15) is 13.2 Å². The highest BCUT2D eigenvalue weighted by molar-refractivity contribution is 8.00. The van der Waals surface area contributed by atoms with Crippen molar-refractivity contribution in [2.24, 2.45) is 0 Å². The van der Waals surface area contributed by atoms with Crippen molar-refractivity contribution < 1.29 is 26.0 Å². The topological polar surface area (TPSA) is 47.3 Å². The molecule has 25 heavy (non-hydrogen) atoms. The van der Waals surface area contributed by atoms with Crippen molar-refractivity contribution in [2.45, 2.75) is 20.2 Å². The van der Waals surface area contributed by atoms with Gasteiger partial charge in [0.1, 0.15) is 5.76 Å². The average Bonchev–Trinajstić information content (AvgIpc) is 3.08. The van der Waals surface area contributed by atoms with Crippen LogP contribution < -0.4 is 0 Å².